The molecule has 1 unspecified atom stereocenters. The molecule has 1 atom stereocenters. The van der Waals surface area contributed by atoms with Crippen LogP contribution in [-0.2, 0) is 9.53 Å². The molecule has 27 heavy (non-hydrogen) atoms. The molecule has 3 aliphatic heterocycles. The first-order chi connectivity index (χ1) is 13.0. The Hall–Kier alpha value is -1.15. The minimum Gasteiger partial charge on any atom is -0.372 e. The Kier molecular flexibility index (Phi) is 5.47. The lowest BCUT2D eigenvalue weighted by molar-refractivity contribution is -0.448. The SMILES string of the molecule is C=Cc1c(C)ccc2c1N(C)C(=C1SC(SC)=[N+](CC3CCCO3)C1=O)S2. The maximum absolute atomic E-state index is 13.3. The van der Waals surface area contributed by atoms with E-state index in [1.54, 1.807) is 35.3 Å². The highest BCUT2D eigenvalue weighted by atomic mass is 32.2. The molecule has 4 nitrogen and oxygen atoms in total. The lowest BCUT2D eigenvalue weighted by atomic mass is 10.1. The molecule has 1 saturated heterocycles. The van der Waals surface area contributed by atoms with E-state index in [1.807, 2.05) is 24.0 Å². The normalized spacial score (nSPS) is 24.9. The molecule has 1 aromatic carbocycles. The molecule has 1 aromatic rings. The van der Waals surface area contributed by atoms with Crippen LogP contribution in [0, 0.1) is 6.92 Å². The molecule has 1 amide bonds. The molecule has 3 aliphatic rings. The smallest absolute Gasteiger partial charge is 0.372 e. The number of rotatable bonds is 3. The van der Waals surface area contributed by atoms with Gasteiger partial charge in [-0.25, -0.2) is 4.79 Å². The molecule has 0 radical (unpaired) electrons. The number of thioether (sulfide) groups is 3. The first-order valence-electron chi connectivity index (χ1n) is 8.99. The van der Waals surface area contributed by atoms with Gasteiger partial charge in [-0.1, -0.05) is 42.2 Å². The molecule has 0 bridgehead atoms. The topological polar surface area (TPSA) is 32.5 Å². The molecule has 3 heterocycles. The van der Waals surface area contributed by atoms with Crippen LogP contribution < -0.4 is 4.90 Å². The largest absolute Gasteiger partial charge is 0.430 e. The van der Waals surface area contributed by atoms with Gasteiger partial charge in [0.05, 0.1) is 5.69 Å². The Bertz CT molecular complexity index is 885. The number of benzene rings is 1. The van der Waals surface area contributed by atoms with Crippen LogP contribution in [0.15, 0.2) is 33.5 Å². The van der Waals surface area contributed by atoms with Crippen LogP contribution in [-0.4, -0.2) is 47.4 Å². The third-order valence-electron chi connectivity index (χ3n) is 5.08. The van der Waals surface area contributed by atoms with Crippen molar-refractivity contribution in [1.82, 2.24) is 0 Å². The zero-order valence-corrected chi connectivity index (χ0v) is 18.2. The minimum atomic E-state index is 0.0962. The summed E-state index contributed by atoms with van der Waals surface area (Å²) in [6.07, 6.45) is 6.21. The van der Waals surface area contributed by atoms with Gasteiger partial charge in [-0.05, 0) is 37.7 Å². The number of ether oxygens (including phenoxy) is 1. The predicted molar refractivity (Wildman–Crippen MR) is 118 cm³/mol. The molecular weight excluding hydrogens is 396 g/mol. The first-order valence-corrected chi connectivity index (χ1v) is 11.8. The predicted octanol–water partition coefficient (Wildman–Crippen LogP) is 4.53. The highest BCUT2D eigenvalue weighted by Gasteiger charge is 2.44. The van der Waals surface area contributed by atoms with E-state index in [4.69, 9.17) is 4.74 Å². The second-order valence-corrected chi connectivity index (χ2v) is 9.85. The number of fused-ring (bicyclic) bond motifs is 1. The van der Waals surface area contributed by atoms with Gasteiger partial charge in [0.2, 0.25) is 0 Å². The van der Waals surface area contributed by atoms with Gasteiger partial charge in [0, 0.05) is 35.9 Å². The Labute approximate surface area is 173 Å². The number of hydrogen-bond acceptors (Lipinski definition) is 6. The van der Waals surface area contributed by atoms with Crippen LogP contribution in [0.25, 0.3) is 6.08 Å². The lowest BCUT2D eigenvalue weighted by Gasteiger charge is -2.17. The molecular formula is C20H23N2O2S3+. The third-order valence-corrected chi connectivity index (χ3v) is 8.71. The lowest BCUT2D eigenvalue weighted by Crippen LogP contribution is -2.29. The van der Waals surface area contributed by atoms with Gasteiger partial charge >= 0.3 is 5.91 Å². The number of nitrogens with zero attached hydrogens (tertiary/aromatic N) is 2. The van der Waals surface area contributed by atoms with E-state index in [0.717, 1.165) is 45.0 Å². The van der Waals surface area contributed by atoms with Crippen molar-refractivity contribution in [2.75, 3.05) is 31.4 Å². The first kappa shape index (κ1) is 19.2. The van der Waals surface area contributed by atoms with E-state index in [0.29, 0.717) is 6.54 Å². The van der Waals surface area contributed by atoms with Gasteiger partial charge in [-0.2, -0.15) is 0 Å². The molecule has 0 saturated carbocycles. The van der Waals surface area contributed by atoms with Crippen molar-refractivity contribution in [3.8, 4) is 0 Å². The van der Waals surface area contributed by atoms with Crippen LogP contribution in [0.1, 0.15) is 24.0 Å². The summed E-state index contributed by atoms with van der Waals surface area (Å²) in [6.45, 7) is 7.53. The van der Waals surface area contributed by atoms with Gasteiger partial charge < -0.3 is 9.64 Å². The van der Waals surface area contributed by atoms with Crippen LogP contribution in [0.3, 0.4) is 0 Å². The van der Waals surface area contributed by atoms with Crippen molar-refractivity contribution in [3.05, 3.63) is 39.8 Å². The Morgan fingerprint density at radius 1 is 1.44 bits per heavy atom. The molecule has 0 aliphatic carbocycles. The summed E-state index contributed by atoms with van der Waals surface area (Å²) in [5.74, 6) is 0.0962. The summed E-state index contributed by atoms with van der Waals surface area (Å²) in [5, 5.41) is 1.01. The maximum Gasteiger partial charge on any atom is 0.430 e. The van der Waals surface area contributed by atoms with E-state index < -0.39 is 0 Å². The molecule has 142 valence electrons. The quantitative estimate of drug-likeness (QED) is 0.529. The number of anilines is 1. The van der Waals surface area contributed by atoms with Crippen LogP contribution in [0.2, 0.25) is 0 Å². The average Bonchev–Trinajstić information content (AvgIpc) is 3.36. The van der Waals surface area contributed by atoms with E-state index in [1.165, 1.54) is 10.5 Å². The van der Waals surface area contributed by atoms with Gasteiger partial charge in [0.1, 0.15) is 11.1 Å². The summed E-state index contributed by atoms with van der Waals surface area (Å²) < 4.78 is 8.72. The standard InChI is InChI=1S/C20H23N2O2S3/c1-5-14-12(2)8-9-15-16(14)21(3)19(26-15)17-18(23)22(20(25-4)27-17)11-13-7-6-10-24-13/h5,8-9,13H,1,6-7,10-11H2,2-4H3/q+1. The average molecular weight is 420 g/mol. The fourth-order valence-corrected chi connectivity index (χ4v) is 6.85. The second-order valence-electron chi connectivity index (χ2n) is 6.77. The molecule has 0 spiro atoms. The summed E-state index contributed by atoms with van der Waals surface area (Å²) in [7, 11) is 2.04. The number of hydrogen-bond donors (Lipinski definition) is 0. The maximum atomic E-state index is 13.3. The number of amides is 1. The fourth-order valence-electron chi connectivity index (χ4n) is 3.68. The van der Waals surface area contributed by atoms with Crippen LogP contribution in [0.4, 0.5) is 5.69 Å². The van der Waals surface area contributed by atoms with Crippen molar-refractivity contribution in [3.63, 3.8) is 0 Å². The highest BCUT2D eigenvalue weighted by Crippen LogP contribution is 2.51. The summed E-state index contributed by atoms with van der Waals surface area (Å²) in [6, 6.07) is 4.26. The van der Waals surface area contributed by atoms with Crippen molar-refractivity contribution in [2.45, 2.75) is 30.8 Å². The molecule has 4 rings (SSSR count). The third kappa shape index (κ3) is 3.28. The summed E-state index contributed by atoms with van der Waals surface area (Å²) in [4.78, 5) is 17.4. The van der Waals surface area contributed by atoms with Gasteiger partial charge in [0.25, 0.3) is 4.38 Å². The van der Waals surface area contributed by atoms with E-state index in [2.05, 4.69) is 30.5 Å². The fraction of sp³-hybridized carbons (Fsp3) is 0.400. The van der Waals surface area contributed by atoms with Crippen molar-refractivity contribution < 1.29 is 14.1 Å². The van der Waals surface area contributed by atoms with Crippen molar-refractivity contribution in [2.24, 2.45) is 0 Å². The second kappa shape index (κ2) is 7.70. The minimum absolute atomic E-state index is 0.0962. The Morgan fingerprint density at radius 2 is 2.26 bits per heavy atom. The van der Waals surface area contributed by atoms with E-state index in [-0.39, 0.29) is 12.0 Å². The highest BCUT2D eigenvalue weighted by molar-refractivity contribution is 8.40. The molecule has 0 aromatic heterocycles. The number of aryl methyl sites for hydroxylation is 1. The van der Waals surface area contributed by atoms with Gasteiger partial charge in [-0.3, -0.25) is 0 Å². The summed E-state index contributed by atoms with van der Waals surface area (Å²) >= 11 is 4.90. The number of carbonyl (C=O) groups is 1. The summed E-state index contributed by atoms with van der Waals surface area (Å²) in [5.41, 5.74) is 3.48. The van der Waals surface area contributed by atoms with Gasteiger partial charge in [-0.15, -0.1) is 4.58 Å². The van der Waals surface area contributed by atoms with Gasteiger partial charge in [0.15, 0.2) is 11.4 Å². The van der Waals surface area contributed by atoms with Crippen molar-refractivity contribution in [1.29, 1.82) is 0 Å². The molecule has 1 fully saturated rings. The van der Waals surface area contributed by atoms with E-state index >= 15 is 0 Å². The monoisotopic (exact) mass is 419 g/mol. The zero-order valence-electron chi connectivity index (χ0n) is 15.8. The molecule has 7 heteroatoms. The van der Waals surface area contributed by atoms with Crippen LogP contribution >= 0.6 is 35.3 Å². The molecule has 0 N–H and O–H groups in total. The Morgan fingerprint density at radius 3 is 2.93 bits per heavy atom. The Balaban J connectivity index is 1.68. The van der Waals surface area contributed by atoms with Crippen LogP contribution in [0.5, 0.6) is 0 Å². The zero-order chi connectivity index (χ0) is 19.1. The van der Waals surface area contributed by atoms with Crippen molar-refractivity contribution >= 4 is 57.3 Å². The van der Waals surface area contributed by atoms with E-state index in [9.17, 15) is 4.79 Å². The number of carbonyl (C=O) groups excluding carboxylic acids is 1.